The van der Waals surface area contributed by atoms with Gasteiger partial charge in [-0.1, -0.05) is 77.5 Å². The van der Waals surface area contributed by atoms with Crippen molar-refractivity contribution >= 4 is 37.2 Å². The molecule has 0 aliphatic rings. The Hall–Kier alpha value is -0.440. The zero-order valence-corrected chi connectivity index (χ0v) is 21.2. The monoisotopic (exact) mass is 582 g/mol. The molecule has 4 heteroatoms. The first-order valence-electron chi connectivity index (χ1n) is 8.28. The molecule has 0 heterocycles. The van der Waals surface area contributed by atoms with E-state index in [0.29, 0.717) is 0 Å². The molecule has 0 N–H and O–H groups in total. The van der Waals surface area contributed by atoms with E-state index in [4.69, 9.17) is 9.47 Å². The van der Waals surface area contributed by atoms with Gasteiger partial charge in [0.25, 0.3) is 0 Å². The summed E-state index contributed by atoms with van der Waals surface area (Å²) in [4.78, 5) is 0. The first-order chi connectivity index (χ1) is 12.4. The predicted molar refractivity (Wildman–Crippen MR) is 134 cm³/mol. The first kappa shape index (κ1) is 27.8. The highest BCUT2D eigenvalue weighted by atomic mass is 128. The number of methoxy groups -OCH3 is 2. The fourth-order valence-corrected chi connectivity index (χ4v) is 1.82. The maximum absolute atomic E-state index is 5.20. The maximum atomic E-state index is 5.20. The maximum Gasteiger partial charge on any atom is 0.179 e. The average Bonchev–Trinajstić information content (AvgIpc) is 2.61. The second-order valence-corrected chi connectivity index (χ2v) is 5.88. The van der Waals surface area contributed by atoms with E-state index in [1.54, 1.807) is 14.2 Å². The van der Waals surface area contributed by atoms with Crippen molar-refractivity contribution in [2.24, 2.45) is 0 Å². The molecule has 0 fully saturated rings. The minimum atomic E-state index is -0.286. The Morgan fingerprint density at radius 3 is 1.46 bits per heavy atom. The molecule has 2 nitrogen and oxygen atoms in total. The van der Waals surface area contributed by atoms with Gasteiger partial charge >= 0.3 is 0 Å². The Balaban J connectivity index is 0. The summed E-state index contributed by atoms with van der Waals surface area (Å²) in [7, 11) is 3.27. The molecule has 0 aliphatic heterocycles. The van der Waals surface area contributed by atoms with E-state index in [0.717, 1.165) is 5.57 Å². The zero-order valence-electron chi connectivity index (χ0n) is 16.9. The lowest BCUT2D eigenvalue weighted by Gasteiger charge is -2.12. The van der Waals surface area contributed by atoms with Crippen molar-refractivity contribution in [1.82, 2.24) is 0 Å². The Bertz CT molecular complexity index is 569. The standard InChI is InChI=1S/C22H32O2.I2/c1-18(2)12-10-15-19(3)13-8-9-14-20(4)16-11-17-21(5)22(23-6)24-7;1-2/h8-17,22H,1-7H3;/b9-8+,15-10+,16-11+,19-13+,20-14+,21-17+;. The molecule has 0 saturated carbocycles. The third-order valence-corrected chi connectivity index (χ3v) is 3.14. The summed E-state index contributed by atoms with van der Waals surface area (Å²) in [6, 6.07) is 0. The van der Waals surface area contributed by atoms with Gasteiger partial charge in [-0.05, 0) is 40.2 Å². The predicted octanol–water partition coefficient (Wildman–Crippen LogP) is 7.85. The van der Waals surface area contributed by atoms with Gasteiger partial charge in [0.1, 0.15) is 0 Å². The van der Waals surface area contributed by atoms with E-state index < -0.39 is 0 Å². The minimum absolute atomic E-state index is 0.286. The third kappa shape index (κ3) is 17.0. The summed E-state index contributed by atoms with van der Waals surface area (Å²) >= 11 is 4.24. The van der Waals surface area contributed by atoms with Gasteiger partial charge in [0, 0.05) is 51.5 Å². The van der Waals surface area contributed by atoms with E-state index in [1.165, 1.54) is 16.7 Å². The van der Waals surface area contributed by atoms with Crippen LogP contribution in [0.4, 0.5) is 0 Å². The van der Waals surface area contributed by atoms with E-state index >= 15 is 0 Å². The minimum Gasteiger partial charge on any atom is -0.352 e. The molecule has 0 aromatic heterocycles. The van der Waals surface area contributed by atoms with E-state index in [2.05, 4.69) is 101 Å². The van der Waals surface area contributed by atoms with Crippen LogP contribution in [-0.2, 0) is 9.47 Å². The molecule has 0 spiro atoms. The van der Waals surface area contributed by atoms with Gasteiger partial charge in [0.2, 0.25) is 0 Å². The highest BCUT2D eigenvalue weighted by Crippen LogP contribution is 2.07. The van der Waals surface area contributed by atoms with Crippen LogP contribution in [0.15, 0.2) is 83.1 Å². The molecule has 0 radical (unpaired) electrons. The summed E-state index contributed by atoms with van der Waals surface area (Å²) in [5, 5.41) is 0. The SMILES string of the molecule is COC(OC)/C(C)=C/C=C/C(C)=C/C=C/C=C(C)/C=C/C=C(C)C.II. The lowest BCUT2D eigenvalue weighted by Crippen LogP contribution is -2.13. The normalized spacial score (nSPS) is 13.7. The summed E-state index contributed by atoms with van der Waals surface area (Å²) in [6.07, 6.45) is 20.3. The molecular formula is C22H32I2O2. The van der Waals surface area contributed by atoms with Crippen LogP contribution in [0.5, 0.6) is 0 Å². The molecule has 0 aliphatic carbocycles. The Kier molecular flexibility index (Phi) is 20.6. The van der Waals surface area contributed by atoms with E-state index in [9.17, 15) is 0 Å². The first-order valence-corrected chi connectivity index (χ1v) is 14.6. The molecule has 0 unspecified atom stereocenters. The van der Waals surface area contributed by atoms with Crippen LogP contribution in [0.2, 0.25) is 0 Å². The summed E-state index contributed by atoms with van der Waals surface area (Å²) < 4.78 is 10.4. The Morgan fingerprint density at radius 2 is 1.08 bits per heavy atom. The van der Waals surface area contributed by atoms with Gasteiger partial charge in [-0.15, -0.1) is 0 Å². The van der Waals surface area contributed by atoms with Crippen molar-refractivity contribution in [1.29, 1.82) is 0 Å². The van der Waals surface area contributed by atoms with Crippen LogP contribution in [0.1, 0.15) is 34.6 Å². The molecule has 0 saturated heterocycles. The largest absolute Gasteiger partial charge is 0.352 e. The molecule has 0 aromatic rings. The molecule has 0 rings (SSSR count). The fraction of sp³-hybridized carbons (Fsp3) is 0.364. The van der Waals surface area contributed by atoms with Crippen LogP contribution < -0.4 is 0 Å². The van der Waals surface area contributed by atoms with Gasteiger partial charge in [0.15, 0.2) is 6.29 Å². The van der Waals surface area contributed by atoms with Crippen molar-refractivity contribution < 1.29 is 9.47 Å². The van der Waals surface area contributed by atoms with E-state index in [1.807, 2.05) is 31.2 Å². The molecule has 26 heavy (non-hydrogen) atoms. The molecular weight excluding hydrogens is 550 g/mol. The van der Waals surface area contributed by atoms with E-state index in [-0.39, 0.29) is 6.29 Å². The average molecular weight is 582 g/mol. The van der Waals surface area contributed by atoms with Crippen LogP contribution in [-0.4, -0.2) is 20.5 Å². The van der Waals surface area contributed by atoms with Gasteiger partial charge in [-0.3, -0.25) is 0 Å². The highest BCUT2D eigenvalue weighted by Gasteiger charge is 2.04. The van der Waals surface area contributed by atoms with Crippen LogP contribution >= 0.6 is 37.2 Å². The van der Waals surface area contributed by atoms with Crippen molar-refractivity contribution in [3.05, 3.63) is 83.1 Å². The lowest BCUT2D eigenvalue weighted by molar-refractivity contribution is -0.0746. The number of hydrogen-bond donors (Lipinski definition) is 0. The van der Waals surface area contributed by atoms with Gasteiger partial charge in [0.05, 0.1) is 0 Å². The Morgan fingerprint density at radius 1 is 0.654 bits per heavy atom. The van der Waals surface area contributed by atoms with Crippen molar-refractivity contribution in [3.8, 4) is 0 Å². The summed E-state index contributed by atoms with van der Waals surface area (Å²) in [6.45, 7) is 10.3. The van der Waals surface area contributed by atoms with Gasteiger partial charge in [-0.2, -0.15) is 0 Å². The second kappa shape index (κ2) is 19.3. The quantitative estimate of drug-likeness (QED) is 0.157. The second-order valence-electron chi connectivity index (χ2n) is 5.88. The van der Waals surface area contributed by atoms with Crippen molar-refractivity contribution in [2.45, 2.75) is 40.9 Å². The molecule has 0 bridgehead atoms. The van der Waals surface area contributed by atoms with Gasteiger partial charge in [-0.25, -0.2) is 0 Å². The van der Waals surface area contributed by atoms with Gasteiger partial charge < -0.3 is 9.47 Å². The van der Waals surface area contributed by atoms with Crippen molar-refractivity contribution in [3.63, 3.8) is 0 Å². The number of rotatable bonds is 9. The third-order valence-electron chi connectivity index (χ3n) is 3.14. The number of allylic oxidation sites excluding steroid dienone is 13. The molecule has 0 atom stereocenters. The number of ether oxygens (including phenoxy) is 2. The van der Waals surface area contributed by atoms with Crippen LogP contribution in [0.25, 0.3) is 0 Å². The fourth-order valence-electron chi connectivity index (χ4n) is 1.82. The number of halogens is 2. The summed E-state index contributed by atoms with van der Waals surface area (Å²) in [5.74, 6) is 0. The van der Waals surface area contributed by atoms with Crippen molar-refractivity contribution in [2.75, 3.05) is 14.2 Å². The smallest absolute Gasteiger partial charge is 0.179 e. The molecule has 146 valence electrons. The molecule has 0 amide bonds. The van der Waals surface area contributed by atoms with Crippen LogP contribution in [0, 0.1) is 0 Å². The number of hydrogen-bond acceptors (Lipinski definition) is 2. The lowest BCUT2D eigenvalue weighted by atomic mass is 10.2. The summed E-state index contributed by atoms with van der Waals surface area (Å²) in [5.41, 5.74) is 4.72. The molecule has 0 aromatic carbocycles. The highest BCUT2D eigenvalue weighted by molar-refractivity contribution is 15.0. The van der Waals surface area contributed by atoms with Crippen LogP contribution in [0.3, 0.4) is 0 Å². The Labute approximate surface area is 183 Å². The zero-order chi connectivity index (χ0) is 20.4. The topological polar surface area (TPSA) is 18.5 Å².